The summed E-state index contributed by atoms with van der Waals surface area (Å²) in [5.74, 6) is -2.03. The predicted octanol–water partition coefficient (Wildman–Crippen LogP) is 6.61. The molecule has 9 saturated heterocycles. The molecule has 9 aliphatic heterocycles. The van der Waals surface area contributed by atoms with Gasteiger partial charge in [-0.15, -0.1) is 0 Å². The minimum Gasteiger partial charge on any atom is -0.464 e. The smallest absolute Gasteiger partial charge is 0.344 e. The molecular weight excluding hydrogens is 2480 g/mol. The van der Waals surface area contributed by atoms with Crippen molar-refractivity contribution in [3.8, 4) is 0 Å². The van der Waals surface area contributed by atoms with Crippen molar-refractivity contribution in [2.45, 2.75) is 64.7 Å². The molecule has 12 rings (SSSR count). The Morgan fingerprint density at radius 3 is 0.863 bits per heavy atom. The number of nitro benzene ring substituents is 1. The van der Waals surface area contributed by atoms with Crippen LogP contribution in [0, 0.1) is 23.0 Å². The van der Waals surface area contributed by atoms with E-state index in [1.54, 1.807) is 32.9 Å². The zero-order valence-electron chi connectivity index (χ0n) is 85.7. The highest BCUT2D eigenvalue weighted by Crippen LogP contribution is 2.28. The van der Waals surface area contributed by atoms with Gasteiger partial charge in [-0.3, -0.25) is 92.6 Å². The van der Waals surface area contributed by atoms with E-state index in [4.69, 9.17) is 42.6 Å². The Bertz CT molecular complexity index is 4030. The third-order valence-electron chi connectivity index (χ3n) is 23.3. The molecule has 830 valence electrons. The fourth-order valence-electron chi connectivity index (χ4n) is 14.4. The van der Waals surface area contributed by atoms with Gasteiger partial charge in [-0.1, -0.05) is 213 Å². The molecule has 0 aromatic heterocycles. The van der Waals surface area contributed by atoms with Crippen molar-refractivity contribution in [1.29, 1.82) is 0 Å². The highest BCUT2D eigenvalue weighted by molar-refractivity contribution is 9.12. The van der Waals surface area contributed by atoms with Gasteiger partial charge in [0.1, 0.15) is 88.4 Å². The maximum atomic E-state index is 12.0. The van der Waals surface area contributed by atoms with Crippen LogP contribution in [0.2, 0.25) is 0 Å². The van der Waals surface area contributed by atoms with Gasteiger partial charge in [0.25, 0.3) is 5.69 Å². The summed E-state index contributed by atoms with van der Waals surface area (Å²) < 4.78 is 46.0. The number of non-ortho nitro benzene ring substituents is 1. The van der Waals surface area contributed by atoms with Crippen molar-refractivity contribution >= 4 is 203 Å². The quantitative estimate of drug-likeness (QED) is 0.00718. The number of carbonyl (C=O) groups excluding carboxylic acids is 9. The lowest BCUT2D eigenvalue weighted by Gasteiger charge is -2.27. The first-order chi connectivity index (χ1) is 70.3. The number of nitrogens with zero attached hydrogens (tertiary/aromatic N) is 10. The van der Waals surface area contributed by atoms with E-state index in [0.717, 1.165) is 299 Å². The molecule has 5 atom stereocenters. The summed E-state index contributed by atoms with van der Waals surface area (Å²) in [6, 6.07) is 23.3. The number of hydrogen-bond acceptors (Lipinski definition) is 38. The van der Waals surface area contributed by atoms with Crippen molar-refractivity contribution in [1.82, 2.24) is 92.0 Å². The maximum Gasteiger partial charge on any atom is 0.344 e. The Hall–Kier alpha value is -4.37. The van der Waals surface area contributed by atoms with Crippen molar-refractivity contribution in [2.75, 3.05) is 370 Å². The van der Waals surface area contributed by atoms with Crippen LogP contribution in [0.3, 0.4) is 0 Å². The molecule has 5 unspecified atom stereocenters. The topological polar surface area (TPSA) is 417 Å². The molecule has 0 radical (unpaired) electrons. The van der Waals surface area contributed by atoms with Crippen LogP contribution in [0.15, 0.2) is 89.9 Å². The molecule has 0 saturated carbocycles. The van der Waals surface area contributed by atoms with Gasteiger partial charge in [0.2, 0.25) is 0 Å². The lowest BCUT2D eigenvalue weighted by atomic mass is 10.1. The minimum atomic E-state index is -0.615. The van der Waals surface area contributed by atoms with Gasteiger partial charge in [-0.25, -0.2) is 4.79 Å². The number of hydrogen-bond donors (Lipinski definition) is 9. The fraction of sp³-hybridized carbons (Fsp3) is 0.704. The van der Waals surface area contributed by atoms with Gasteiger partial charge in [0.05, 0.1) is 21.7 Å². The number of nitro groups is 1. The molecular formula is C98H160Br9N19O20. The van der Waals surface area contributed by atoms with Crippen molar-refractivity contribution in [3.63, 3.8) is 0 Å². The fourth-order valence-corrected chi connectivity index (χ4v) is 16.8. The molecule has 0 aliphatic carbocycles. The second-order valence-electron chi connectivity index (χ2n) is 35.3. The number of rotatable bonds is 42. The number of esters is 9. The van der Waals surface area contributed by atoms with Crippen LogP contribution in [0.4, 0.5) is 5.69 Å². The van der Waals surface area contributed by atoms with Gasteiger partial charge in [-0.2, -0.15) is 0 Å². The van der Waals surface area contributed by atoms with Crippen molar-refractivity contribution in [3.05, 3.63) is 122 Å². The summed E-state index contributed by atoms with van der Waals surface area (Å²) >= 11 is 29.0. The van der Waals surface area contributed by atoms with E-state index in [-0.39, 0.29) is 89.6 Å². The van der Waals surface area contributed by atoms with E-state index in [9.17, 15) is 53.3 Å². The first-order valence-electron chi connectivity index (χ1n) is 50.3. The van der Waals surface area contributed by atoms with E-state index in [1.165, 1.54) is 17.7 Å². The molecule has 9 aliphatic rings. The summed E-state index contributed by atoms with van der Waals surface area (Å²) in [4.78, 5) is 132. The molecule has 3 aromatic carbocycles. The van der Waals surface area contributed by atoms with E-state index in [0.29, 0.717) is 88.7 Å². The number of carbonyl (C=O) groups is 9. The summed E-state index contributed by atoms with van der Waals surface area (Å²) in [6.07, 6.45) is 0.460. The highest BCUT2D eigenvalue weighted by Gasteiger charge is 2.28. The molecule has 9 fully saturated rings. The Kier molecular flexibility index (Phi) is 77.1. The second kappa shape index (κ2) is 84.0. The van der Waals surface area contributed by atoms with E-state index < -0.39 is 14.1 Å². The van der Waals surface area contributed by atoms with Gasteiger partial charge in [0.15, 0.2) is 0 Å². The van der Waals surface area contributed by atoms with Crippen molar-refractivity contribution in [2.24, 2.45) is 5.92 Å². The van der Waals surface area contributed by atoms with Gasteiger partial charge >= 0.3 is 53.7 Å². The summed E-state index contributed by atoms with van der Waals surface area (Å²) in [6.45, 7) is 61.0. The first kappa shape index (κ1) is 134. The lowest BCUT2D eigenvalue weighted by Crippen LogP contribution is -2.45. The molecule has 0 amide bonds. The highest BCUT2D eigenvalue weighted by atomic mass is 79.9. The number of nitrogens with one attached hydrogen (secondary N) is 9. The molecule has 9 heterocycles. The normalized spacial score (nSPS) is 18.3. The number of aryl methyl sites for hydroxylation is 1. The zero-order valence-corrected chi connectivity index (χ0v) is 99.9. The van der Waals surface area contributed by atoms with Gasteiger partial charge in [0, 0.05) is 317 Å². The van der Waals surface area contributed by atoms with Gasteiger partial charge < -0.3 is 90.5 Å². The minimum absolute atomic E-state index is 0.00414. The molecule has 39 nitrogen and oxygen atoms in total. The first-order valence-corrected chi connectivity index (χ1v) is 58.9. The molecule has 0 spiro atoms. The summed E-state index contributed by atoms with van der Waals surface area (Å²) in [5, 5.41) is 41.7. The van der Waals surface area contributed by atoms with Crippen LogP contribution in [-0.2, 0) is 85.8 Å². The molecule has 146 heavy (non-hydrogen) atoms. The number of benzene rings is 3. The maximum absolute atomic E-state index is 12.0. The summed E-state index contributed by atoms with van der Waals surface area (Å²) in [5.41, 5.74) is 3.67. The molecule has 0 bridgehead atoms. The monoisotopic (exact) mass is 2630 g/mol. The number of ether oxygens (including phenoxy) is 9. The van der Waals surface area contributed by atoms with Gasteiger partial charge in [-0.05, 0) is 60.3 Å². The molecule has 3 aromatic rings. The standard InChI is InChI=1S/C15H21BrN2O2.C14H18BrN3O4.C14H19BrN2O2.2C10H19BrN2O2.C9H17BrN2O2.C9H15BrN2O2.C9H17BrN2O2.C8H15BrN2O2/c1-12-2-4-13(5-3-12)14(16)15(19)20-11-10-18-8-6-17-7-9-18;15-13(11-1-3-12(4-2-11)18(20)21)14(19)22-10-9-17-7-5-16-6-8-17;15-13(12-4-2-1-3-5-12)14(18)19-11-10-17-8-6-16-7-9-17;1-10(2,11)9(14)15-8-7-13-5-3-12-4-6-13;1-9(8-11)10(14)15-7-6-13-4-2-12-3-5-13;2*1-8(10)9(13)14-7-6-12-4-2-11-3-5-12;10-2-1-9(13)14-8-7-12-5-3-11-4-6-12;9-7-8(12)13-6-5-11-3-1-10-2-4-11/h2-5,14,17H,6-11H2,1H3;1-4,13,16H,5-10H2;1-5,13,16H,6-11H2;12H,3-8H2,1-2H3;9,12H,2-8H2,1H3;8,11H,2-7H2,1H3;11H,1-7H2;11H,1-8H2;10H,1-7H2. The van der Waals surface area contributed by atoms with Crippen LogP contribution in [-0.4, -0.2) is 482 Å². The van der Waals surface area contributed by atoms with Crippen LogP contribution >= 0.6 is 143 Å². The molecule has 9 N–H and O–H groups in total. The van der Waals surface area contributed by atoms with E-state index in [1.807, 2.05) is 68.4 Å². The summed E-state index contributed by atoms with van der Waals surface area (Å²) in [7, 11) is 0. The predicted molar refractivity (Wildman–Crippen MR) is 603 cm³/mol. The van der Waals surface area contributed by atoms with E-state index >= 15 is 0 Å². The Labute approximate surface area is 940 Å². The number of piperazine rings is 9. The third kappa shape index (κ3) is 65.4. The Morgan fingerprint density at radius 2 is 0.610 bits per heavy atom. The van der Waals surface area contributed by atoms with Crippen molar-refractivity contribution < 1.29 is 90.7 Å². The Balaban J connectivity index is 0.000000344. The van der Waals surface area contributed by atoms with E-state index in [2.05, 4.69) is 242 Å². The third-order valence-corrected chi connectivity index (χ3v) is 28.9. The average Bonchev–Trinajstić information content (AvgIpc) is 0.854. The zero-order chi connectivity index (χ0) is 107. The number of alkyl halides is 8. The largest absolute Gasteiger partial charge is 0.464 e. The van der Waals surface area contributed by atoms with Crippen LogP contribution in [0.25, 0.3) is 0 Å². The Morgan fingerprint density at radius 1 is 0.363 bits per heavy atom. The molecule has 48 heteroatoms. The SMILES string of the molecule is C=C(Br)C(=O)OCCN1CCNCC1.CC(Br)C(=O)OCCN1CCNCC1.CC(C)(Br)C(=O)OCCN1CCNCC1.CC(CBr)C(=O)OCCN1CCNCC1.Cc1ccc(C(Br)C(=O)OCCN2CCNCC2)cc1.O=C(CBr)OCCN1CCNCC1.O=C(CCBr)OCCN1CCNCC1.O=C(OCCN1CCNCC1)C(Br)c1ccc([N+](=O)[O-])cc1.O=C(OCCN1CCNCC1)C(Br)c1ccccc1. The van der Waals surface area contributed by atoms with Crippen LogP contribution < -0.4 is 47.9 Å². The lowest BCUT2D eigenvalue weighted by molar-refractivity contribution is -0.384. The second-order valence-corrected chi connectivity index (χ2v) is 44.3. The van der Waals surface area contributed by atoms with Crippen LogP contribution in [0.1, 0.15) is 70.9 Å². The number of halogens is 9. The average molecular weight is 2640 g/mol. The van der Waals surface area contributed by atoms with Crippen LogP contribution in [0.5, 0.6) is 0 Å².